The van der Waals surface area contributed by atoms with Gasteiger partial charge in [-0.15, -0.1) is 6.58 Å². The maximum absolute atomic E-state index is 12.4. The van der Waals surface area contributed by atoms with Crippen LogP contribution in [-0.2, 0) is 6.54 Å². The molecule has 0 aliphatic heterocycles. The first-order valence-corrected chi connectivity index (χ1v) is 8.65. The van der Waals surface area contributed by atoms with Gasteiger partial charge in [0, 0.05) is 18.7 Å². The maximum Gasteiger partial charge on any atom is 0.262 e. The number of hydrogen-bond donors (Lipinski definition) is 2. The Kier molecular flexibility index (Phi) is 6.49. The Hall–Kier alpha value is -2.21. The number of hydrogen-bond acceptors (Lipinski definition) is 3. The first-order chi connectivity index (χ1) is 11.6. The highest BCUT2D eigenvalue weighted by Gasteiger charge is 2.09. The highest BCUT2D eigenvalue weighted by atomic mass is 32.1. The van der Waals surface area contributed by atoms with Crippen LogP contribution in [0.2, 0.25) is 0 Å². The lowest BCUT2D eigenvalue weighted by molar-refractivity contribution is 0.0953. The Bertz CT molecular complexity index is 851. The number of aromatic amines is 1. The van der Waals surface area contributed by atoms with Gasteiger partial charge in [-0.3, -0.25) is 14.2 Å². The van der Waals surface area contributed by atoms with Crippen LogP contribution in [0.15, 0.2) is 35.6 Å². The standard InChI is InChI=1S/C18H23N3O2S/c1-3-5-6-7-10-19-16(22)13-8-9-14-15(12-13)20-18(24)21(11-4-2)17(14)23/h4,8-9,12H,2-3,5-7,10-11H2,1H3,(H,19,22)(H,20,24). The zero-order valence-corrected chi connectivity index (χ0v) is 14.7. The topological polar surface area (TPSA) is 66.9 Å². The molecule has 0 aliphatic rings. The summed E-state index contributed by atoms with van der Waals surface area (Å²) in [7, 11) is 0. The summed E-state index contributed by atoms with van der Waals surface area (Å²) in [6.45, 7) is 6.79. The van der Waals surface area contributed by atoms with Crippen LogP contribution < -0.4 is 10.9 Å². The van der Waals surface area contributed by atoms with Gasteiger partial charge in [0.25, 0.3) is 11.5 Å². The fourth-order valence-corrected chi connectivity index (χ4v) is 2.81. The van der Waals surface area contributed by atoms with Gasteiger partial charge in [-0.2, -0.15) is 0 Å². The Labute approximate surface area is 146 Å². The monoisotopic (exact) mass is 345 g/mol. The van der Waals surface area contributed by atoms with Crippen LogP contribution in [-0.4, -0.2) is 22.0 Å². The van der Waals surface area contributed by atoms with E-state index < -0.39 is 0 Å². The predicted octanol–water partition coefficient (Wildman–Crippen LogP) is 3.56. The van der Waals surface area contributed by atoms with Crippen molar-refractivity contribution in [2.24, 2.45) is 0 Å². The molecular weight excluding hydrogens is 322 g/mol. The summed E-state index contributed by atoms with van der Waals surface area (Å²) < 4.78 is 1.77. The number of amides is 1. The van der Waals surface area contributed by atoms with E-state index in [1.54, 1.807) is 24.3 Å². The van der Waals surface area contributed by atoms with Crippen LogP contribution in [0.1, 0.15) is 43.0 Å². The van der Waals surface area contributed by atoms with Crippen LogP contribution in [0.4, 0.5) is 0 Å². The number of unbranched alkanes of at least 4 members (excludes halogenated alkanes) is 3. The van der Waals surface area contributed by atoms with Crippen molar-refractivity contribution in [3.8, 4) is 0 Å². The summed E-state index contributed by atoms with van der Waals surface area (Å²) in [4.78, 5) is 27.6. The molecule has 1 aromatic carbocycles. The normalized spacial score (nSPS) is 10.7. The molecule has 1 heterocycles. The molecule has 0 bridgehead atoms. The lowest BCUT2D eigenvalue weighted by Crippen LogP contribution is -2.25. The highest BCUT2D eigenvalue weighted by Crippen LogP contribution is 2.11. The van der Waals surface area contributed by atoms with E-state index in [2.05, 4.69) is 23.8 Å². The van der Waals surface area contributed by atoms with Crippen molar-refractivity contribution in [1.82, 2.24) is 14.9 Å². The van der Waals surface area contributed by atoms with Gasteiger partial charge in [0.1, 0.15) is 0 Å². The third kappa shape index (κ3) is 4.20. The van der Waals surface area contributed by atoms with Crippen molar-refractivity contribution in [3.05, 3.63) is 51.5 Å². The van der Waals surface area contributed by atoms with E-state index in [4.69, 9.17) is 12.2 Å². The minimum Gasteiger partial charge on any atom is -0.352 e. The third-order valence-electron chi connectivity index (χ3n) is 3.87. The van der Waals surface area contributed by atoms with E-state index in [1.807, 2.05) is 0 Å². The van der Waals surface area contributed by atoms with Crippen LogP contribution in [0.5, 0.6) is 0 Å². The fourth-order valence-electron chi connectivity index (χ4n) is 2.55. The summed E-state index contributed by atoms with van der Waals surface area (Å²) in [6.07, 6.45) is 6.06. The van der Waals surface area contributed by atoms with Gasteiger partial charge in [0.2, 0.25) is 0 Å². The van der Waals surface area contributed by atoms with Crippen LogP contribution >= 0.6 is 12.2 Å². The minimum atomic E-state index is -0.180. The first kappa shape index (κ1) is 18.1. The summed E-state index contributed by atoms with van der Waals surface area (Å²) >= 11 is 5.21. The van der Waals surface area contributed by atoms with Gasteiger partial charge in [0.15, 0.2) is 4.77 Å². The number of aromatic nitrogens is 2. The second kappa shape index (κ2) is 8.59. The minimum absolute atomic E-state index is 0.136. The largest absolute Gasteiger partial charge is 0.352 e. The number of fused-ring (bicyclic) bond motifs is 1. The second-order valence-electron chi connectivity index (χ2n) is 5.71. The number of carbonyl (C=O) groups excluding carboxylic acids is 1. The van der Waals surface area contributed by atoms with E-state index in [0.29, 0.717) is 34.3 Å². The molecule has 0 atom stereocenters. The van der Waals surface area contributed by atoms with E-state index in [-0.39, 0.29) is 11.5 Å². The van der Waals surface area contributed by atoms with Gasteiger partial charge < -0.3 is 10.3 Å². The van der Waals surface area contributed by atoms with Crippen LogP contribution in [0.25, 0.3) is 10.9 Å². The number of allylic oxidation sites excluding steroid dienone is 1. The van der Waals surface area contributed by atoms with Gasteiger partial charge in [-0.25, -0.2) is 0 Å². The fraction of sp³-hybridized carbons (Fsp3) is 0.389. The van der Waals surface area contributed by atoms with Crippen molar-refractivity contribution >= 4 is 29.0 Å². The van der Waals surface area contributed by atoms with Crippen LogP contribution in [0, 0.1) is 4.77 Å². The maximum atomic E-state index is 12.4. The Morgan fingerprint density at radius 2 is 2.17 bits per heavy atom. The number of H-pyrrole nitrogens is 1. The number of nitrogens with zero attached hydrogens (tertiary/aromatic N) is 1. The quantitative estimate of drug-likeness (QED) is 0.437. The molecule has 2 aromatic rings. The van der Waals surface area contributed by atoms with E-state index in [1.165, 1.54) is 17.4 Å². The smallest absolute Gasteiger partial charge is 0.262 e. The zero-order chi connectivity index (χ0) is 17.5. The first-order valence-electron chi connectivity index (χ1n) is 8.24. The number of rotatable bonds is 8. The lowest BCUT2D eigenvalue weighted by Gasteiger charge is -2.08. The number of benzene rings is 1. The number of nitrogens with one attached hydrogen (secondary N) is 2. The van der Waals surface area contributed by atoms with E-state index >= 15 is 0 Å². The molecule has 1 amide bonds. The molecule has 128 valence electrons. The molecule has 0 fully saturated rings. The van der Waals surface area contributed by atoms with Gasteiger partial charge in [-0.1, -0.05) is 32.3 Å². The average molecular weight is 345 g/mol. The van der Waals surface area contributed by atoms with Crippen molar-refractivity contribution in [2.45, 2.75) is 39.2 Å². The third-order valence-corrected chi connectivity index (χ3v) is 4.19. The molecule has 2 N–H and O–H groups in total. The SMILES string of the molecule is C=CCn1c(=S)[nH]c2cc(C(=O)NCCCCCC)ccc2c1=O. The van der Waals surface area contributed by atoms with Crippen molar-refractivity contribution in [2.75, 3.05) is 6.54 Å². The van der Waals surface area contributed by atoms with Gasteiger partial charge in [0.05, 0.1) is 10.9 Å². The molecule has 0 unspecified atom stereocenters. The molecule has 5 nitrogen and oxygen atoms in total. The molecule has 0 aliphatic carbocycles. The molecule has 6 heteroatoms. The molecule has 1 aromatic heterocycles. The summed E-state index contributed by atoms with van der Waals surface area (Å²) in [6, 6.07) is 5.00. The van der Waals surface area contributed by atoms with Crippen molar-refractivity contribution in [1.29, 1.82) is 0 Å². The molecule has 2 rings (SSSR count). The zero-order valence-electron chi connectivity index (χ0n) is 13.9. The Morgan fingerprint density at radius 1 is 1.38 bits per heavy atom. The van der Waals surface area contributed by atoms with Crippen molar-refractivity contribution in [3.63, 3.8) is 0 Å². The summed E-state index contributed by atoms with van der Waals surface area (Å²) in [5, 5.41) is 3.41. The second-order valence-corrected chi connectivity index (χ2v) is 6.10. The Balaban J connectivity index is 2.21. The Morgan fingerprint density at radius 3 is 2.88 bits per heavy atom. The van der Waals surface area contributed by atoms with Crippen molar-refractivity contribution < 1.29 is 4.79 Å². The van der Waals surface area contributed by atoms with Gasteiger partial charge >= 0.3 is 0 Å². The highest BCUT2D eigenvalue weighted by molar-refractivity contribution is 7.71. The average Bonchev–Trinajstić information content (AvgIpc) is 2.57. The number of carbonyl (C=O) groups is 1. The molecule has 0 radical (unpaired) electrons. The molecule has 24 heavy (non-hydrogen) atoms. The summed E-state index contributed by atoms with van der Waals surface area (Å²) in [5.74, 6) is -0.136. The lowest BCUT2D eigenvalue weighted by atomic mass is 10.1. The van der Waals surface area contributed by atoms with Gasteiger partial charge in [-0.05, 0) is 36.8 Å². The summed E-state index contributed by atoms with van der Waals surface area (Å²) in [5.41, 5.74) is 0.911. The van der Waals surface area contributed by atoms with Crippen LogP contribution in [0.3, 0.4) is 0 Å². The molecule has 0 saturated carbocycles. The molecule has 0 spiro atoms. The predicted molar refractivity (Wildman–Crippen MR) is 100 cm³/mol. The van der Waals surface area contributed by atoms with E-state index in [9.17, 15) is 9.59 Å². The van der Waals surface area contributed by atoms with E-state index in [0.717, 1.165) is 12.8 Å². The molecular formula is C18H23N3O2S. The molecule has 0 saturated heterocycles.